The van der Waals surface area contributed by atoms with Crippen molar-refractivity contribution in [3.63, 3.8) is 0 Å². The minimum atomic E-state index is -0.568. The number of rotatable bonds is 5. The molecule has 120 valence electrons. The molecule has 5 heteroatoms. The second-order valence-electron chi connectivity index (χ2n) is 5.42. The number of hydrogen-bond acceptors (Lipinski definition) is 2. The normalized spacial score (nSPS) is 11.6. The summed E-state index contributed by atoms with van der Waals surface area (Å²) in [5, 5.41) is 2.52. The van der Waals surface area contributed by atoms with E-state index in [0.717, 1.165) is 11.1 Å². The first-order valence-corrected chi connectivity index (χ1v) is 7.43. The summed E-state index contributed by atoms with van der Waals surface area (Å²) in [5.74, 6) is -0.0456. The van der Waals surface area contributed by atoms with Gasteiger partial charge in [-0.3, -0.25) is 4.79 Å². The molecule has 23 heavy (non-hydrogen) atoms. The molecule has 0 bridgehead atoms. The molecular formula is C18H21N3O2. The van der Waals surface area contributed by atoms with Crippen molar-refractivity contribution in [1.82, 2.24) is 10.2 Å². The molecule has 2 aromatic rings. The Hall–Kier alpha value is -2.82. The monoisotopic (exact) mass is 311 g/mol. The Labute approximate surface area is 136 Å². The molecule has 2 rings (SSSR count). The quantitative estimate of drug-likeness (QED) is 0.891. The molecule has 0 fully saturated rings. The molecular weight excluding hydrogens is 290 g/mol. The number of primary amides is 1. The van der Waals surface area contributed by atoms with E-state index in [2.05, 4.69) is 5.32 Å². The van der Waals surface area contributed by atoms with Gasteiger partial charge in [0.25, 0.3) is 5.91 Å². The van der Waals surface area contributed by atoms with Gasteiger partial charge in [0.05, 0.1) is 6.04 Å². The highest BCUT2D eigenvalue weighted by atomic mass is 16.2. The van der Waals surface area contributed by atoms with Crippen molar-refractivity contribution in [3.8, 4) is 0 Å². The lowest BCUT2D eigenvalue weighted by Gasteiger charge is -2.25. The van der Waals surface area contributed by atoms with E-state index in [1.165, 1.54) is 0 Å². The van der Waals surface area contributed by atoms with Gasteiger partial charge in [-0.15, -0.1) is 0 Å². The number of carbonyl (C=O) groups is 2. The highest BCUT2D eigenvalue weighted by molar-refractivity contribution is 5.94. The maximum atomic E-state index is 12.6. The van der Waals surface area contributed by atoms with Gasteiger partial charge < -0.3 is 16.0 Å². The van der Waals surface area contributed by atoms with Crippen molar-refractivity contribution >= 4 is 11.9 Å². The molecule has 0 saturated heterocycles. The Kier molecular flexibility index (Phi) is 5.36. The molecule has 0 aliphatic carbocycles. The van der Waals surface area contributed by atoms with Gasteiger partial charge in [-0.2, -0.15) is 0 Å². The number of benzene rings is 2. The van der Waals surface area contributed by atoms with E-state index in [0.29, 0.717) is 12.1 Å². The van der Waals surface area contributed by atoms with Gasteiger partial charge in [0, 0.05) is 19.2 Å². The first-order valence-electron chi connectivity index (χ1n) is 7.43. The number of amides is 3. The molecule has 0 spiro atoms. The van der Waals surface area contributed by atoms with Crippen LogP contribution in [0.4, 0.5) is 4.79 Å². The zero-order valence-electron chi connectivity index (χ0n) is 13.3. The third-order valence-electron chi connectivity index (χ3n) is 3.85. The highest BCUT2D eigenvalue weighted by Crippen LogP contribution is 2.20. The van der Waals surface area contributed by atoms with Crippen LogP contribution in [0.5, 0.6) is 0 Å². The number of nitrogens with two attached hydrogens (primary N) is 1. The van der Waals surface area contributed by atoms with Gasteiger partial charge in [0.1, 0.15) is 0 Å². The summed E-state index contributed by atoms with van der Waals surface area (Å²) >= 11 is 0. The molecule has 0 aliphatic rings. The van der Waals surface area contributed by atoms with E-state index in [1.54, 1.807) is 24.1 Å². The summed E-state index contributed by atoms with van der Waals surface area (Å²) in [4.78, 5) is 25.0. The molecule has 3 amide bonds. The molecule has 5 nitrogen and oxygen atoms in total. The summed E-state index contributed by atoms with van der Waals surface area (Å²) < 4.78 is 0. The van der Waals surface area contributed by atoms with Crippen molar-refractivity contribution in [3.05, 3.63) is 71.3 Å². The minimum Gasteiger partial charge on any atom is -0.352 e. The van der Waals surface area contributed by atoms with Gasteiger partial charge in [-0.1, -0.05) is 42.5 Å². The second kappa shape index (κ2) is 7.45. The Bertz CT molecular complexity index is 668. The average molecular weight is 311 g/mol. The second-order valence-corrected chi connectivity index (χ2v) is 5.42. The average Bonchev–Trinajstić information content (AvgIpc) is 2.59. The SMILES string of the molecule is CC(c1ccccc1)N(C)C(=O)c1ccc(CNC(N)=O)cc1. The van der Waals surface area contributed by atoms with Crippen LogP contribution in [0.2, 0.25) is 0 Å². The van der Waals surface area contributed by atoms with Crippen LogP contribution < -0.4 is 11.1 Å². The van der Waals surface area contributed by atoms with Crippen LogP contribution in [0.1, 0.15) is 34.5 Å². The lowest BCUT2D eigenvalue weighted by molar-refractivity contribution is 0.0742. The van der Waals surface area contributed by atoms with Gasteiger partial charge in [-0.25, -0.2) is 4.79 Å². The standard InChI is InChI=1S/C18H21N3O2/c1-13(15-6-4-3-5-7-15)21(2)17(22)16-10-8-14(9-11-16)12-20-18(19)23/h3-11,13H,12H2,1-2H3,(H3,19,20,23). The van der Waals surface area contributed by atoms with E-state index >= 15 is 0 Å². The van der Waals surface area contributed by atoms with Crippen LogP contribution >= 0.6 is 0 Å². The molecule has 1 unspecified atom stereocenters. The molecule has 0 aliphatic heterocycles. The first kappa shape index (κ1) is 16.5. The zero-order chi connectivity index (χ0) is 16.8. The highest BCUT2D eigenvalue weighted by Gasteiger charge is 2.18. The molecule has 3 N–H and O–H groups in total. The fourth-order valence-corrected chi connectivity index (χ4v) is 2.29. The fourth-order valence-electron chi connectivity index (χ4n) is 2.29. The molecule has 0 heterocycles. The van der Waals surface area contributed by atoms with Crippen LogP contribution in [0.25, 0.3) is 0 Å². The molecule has 0 saturated carbocycles. The molecule has 1 atom stereocenters. The third kappa shape index (κ3) is 4.32. The van der Waals surface area contributed by atoms with Gasteiger partial charge in [0.2, 0.25) is 0 Å². The Morgan fingerprint density at radius 2 is 1.70 bits per heavy atom. The van der Waals surface area contributed by atoms with Crippen LogP contribution in [0, 0.1) is 0 Å². The smallest absolute Gasteiger partial charge is 0.312 e. The number of nitrogens with one attached hydrogen (secondary N) is 1. The van der Waals surface area contributed by atoms with Crippen molar-refractivity contribution in [2.45, 2.75) is 19.5 Å². The zero-order valence-corrected chi connectivity index (χ0v) is 13.3. The van der Waals surface area contributed by atoms with Crippen LogP contribution in [0.15, 0.2) is 54.6 Å². The topological polar surface area (TPSA) is 75.4 Å². The Morgan fingerprint density at radius 1 is 1.09 bits per heavy atom. The lowest BCUT2D eigenvalue weighted by Crippen LogP contribution is -2.30. The maximum Gasteiger partial charge on any atom is 0.312 e. The van der Waals surface area contributed by atoms with Gasteiger partial charge in [-0.05, 0) is 30.2 Å². The Balaban J connectivity index is 2.06. The lowest BCUT2D eigenvalue weighted by atomic mass is 10.1. The summed E-state index contributed by atoms with van der Waals surface area (Å²) in [6.07, 6.45) is 0. The minimum absolute atomic E-state index is 0.0140. The van der Waals surface area contributed by atoms with E-state index in [9.17, 15) is 9.59 Å². The number of nitrogens with zero attached hydrogens (tertiary/aromatic N) is 1. The summed E-state index contributed by atoms with van der Waals surface area (Å²) in [7, 11) is 1.79. The molecule has 0 radical (unpaired) electrons. The largest absolute Gasteiger partial charge is 0.352 e. The number of urea groups is 1. The van der Waals surface area contributed by atoms with Crippen LogP contribution in [0.3, 0.4) is 0 Å². The summed E-state index contributed by atoms with van der Waals surface area (Å²) in [5.41, 5.74) is 7.62. The van der Waals surface area contributed by atoms with E-state index in [4.69, 9.17) is 5.73 Å². The van der Waals surface area contributed by atoms with E-state index < -0.39 is 6.03 Å². The maximum absolute atomic E-state index is 12.6. The summed E-state index contributed by atoms with van der Waals surface area (Å²) in [6, 6.07) is 16.4. The molecule has 0 aromatic heterocycles. The van der Waals surface area contributed by atoms with Crippen molar-refractivity contribution in [2.75, 3.05) is 7.05 Å². The predicted molar refractivity (Wildman–Crippen MR) is 89.8 cm³/mol. The fraction of sp³-hybridized carbons (Fsp3) is 0.222. The van der Waals surface area contributed by atoms with Crippen molar-refractivity contribution in [2.24, 2.45) is 5.73 Å². The van der Waals surface area contributed by atoms with Crippen LogP contribution in [-0.4, -0.2) is 23.9 Å². The molecule has 2 aromatic carbocycles. The van der Waals surface area contributed by atoms with E-state index in [1.807, 2.05) is 49.4 Å². The number of carbonyl (C=O) groups excluding carboxylic acids is 2. The third-order valence-corrected chi connectivity index (χ3v) is 3.85. The predicted octanol–water partition coefficient (Wildman–Crippen LogP) is 2.69. The van der Waals surface area contributed by atoms with Crippen molar-refractivity contribution < 1.29 is 9.59 Å². The Morgan fingerprint density at radius 3 is 2.26 bits per heavy atom. The van der Waals surface area contributed by atoms with Crippen molar-refractivity contribution in [1.29, 1.82) is 0 Å². The van der Waals surface area contributed by atoms with Crippen LogP contribution in [-0.2, 0) is 6.54 Å². The van der Waals surface area contributed by atoms with Gasteiger partial charge >= 0.3 is 6.03 Å². The summed E-state index contributed by atoms with van der Waals surface area (Å²) in [6.45, 7) is 2.35. The van der Waals surface area contributed by atoms with Gasteiger partial charge in [0.15, 0.2) is 0 Å². The number of hydrogen-bond donors (Lipinski definition) is 2. The first-order chi connectivity index (χ1) is 11.0. The van der Waals surface area contributed by atoms with E-state index in [-0.39, 0.29) is 11.9 Å².